The highest BCUT2D eigenvalue weighted by atomic mass is 32.2. The maximum Gasteiger partial charge on any atom is 0.341 e. The van der Waals surface area contributed by atoms with E-state index in [4.69, 9.17) is 9.84 Å². The number of rotatable bonds is 4. The number of aromatic nitrogens is 1. The Labute approximate surface area is 109 Å². The second kappa shape index (κ2) is 5.55. The van der Waals surface area contributed by atoms with Gasteiger partial charge >= 0.3 is 5.97 Å². The van der Waals surface area contributed by atoms with Gasteiger partial charge in [-0.3, -0.25) is 4.98 Å². The summed E-state index contributed by atoms with van der Waals surface area (Å²) >= 11 is 1.63. The minimum Gasteiger partial charge on any atom is -0.477 e. The van der Waals surface area contributed by atoms with Gasteiger partial charge in [-0.15, -0.1) is 11.8 Å². The van der Waals surface area contributed by atoms with Crippen LogP contribution in [-0.4, -0.2) is 22.3 Å². The first kappa shape index (κ1) is 12.4. The van der Waals surface area contributed by atoms with Gasteiger partial charge in [-0.2, -0.15) is 0 Å². The summed E-state index contributed by atoms with van der Waals surface area (Å²) in [6, 6.07) is 8.98. The van der Waals surface area contributed by atoms with E-state index in [-0.39, 0.29) is 11.3 Å². The molecule has 0 fully saturated rings. The maximum atomic E-state index is 11.0. The van der Waals surface area contributed by atoms with E-state index in [1.807, 2.05) is 18.4 Å². The average Bonchev–Trinajstić information content (AvgIpc) is 2.40. The van der Waals surface area contributed by atoms with E-state index < -0.39 is 5.97 Å². The lowest BCUT2D eigenvalue weighted by Gasteiger charge is -2.08. The van der Waals surface area contributed by atoms with Crippen molar-refractivity contribution in [2.24, 2.45) is 0 Å². The Morgan fingerprint density at radius 2 is 2.00 bits per heavy atom. The molecule has 1 N–H and O–H groups in total. The topological polar surface area (TPSA) is 59.4 Å². The first-order chi connectivity index (χ1) is 8.70. The van der Waals surface area contributed by atoms with Crippen LogP contribution in [0.1, 0.15) is 10.4 Å². The molecule has 0 aliphatic rings. The van der Waals surface area contributed by atoms with Gasteiger partial charge in [0, 0.05) is 23.4 Å². The molecule has 18 heavy (non-hydrogen) atoms. The summed E-state index contributed by atoms with van der Waals surface area (Å²) < 4.78 is 5.54. The fourth-order valence-corrected chi connectivity index (χ4v) is 1.81. The smallest absolute Gasteiger partial charge is 0.341 e. The number of hydrogen-bond acceptors (Lipinski definition) is 4. The van der Waals surface area contributed by atoms with Crippen molar-refractivity contribution in [1.82, 2.24) is 4.98 Å². The quantitative estimate of drug-likeness (QED) is 0.856. The van der Waals surface area contributed by atoms with Gasteiger partial charge in [0.15, 0.2) is 0 Å². The highest BCUT2D eigenvalue weighted by Gasteiger charge is 2.11. The number of benzene rings is 1. The Morgan fingerprint density at radius 1 is 1.28 bits per heavy atom. The number of pyridine rings is 1. The first-order valence-corrected chi connectivity index (χ1v) is 6.42. The first-order valence-electron chi connectivity index (χ1n) is 5.20. The number of ether oxygens (including phenoxy) is 1. The average molecular weight is 261 g/mol. The van der Waals surface area contributed by atoms with Crippen LogP contribution in [0.4, 0.5) is 0 Å². The third-order valence-electron chi connectivity index (χ3n) is 2.30. The third-order valence-corrected chi connectivity index (χ3v) is 3.04. The van der Waals surface area contributed by atoms with Crippen molar-refractivity contribution in [3.05, 3.63) is 48.3 Å². The van der Waals surface area contributed by atoms with Crippen LogP contribution in [0.25, 0.3) is 0 Å². The van der Waals surface area contributed by atoms with Gasteiger partial charge in [0.25, 0.3) is 0 Å². The lowest BCUT2D eigenvalue weighted by molar-refractivity contribution is 0.0693. The fraction of sp³-hybridized carbons (Fsp3) is 0.0769. The molecule has 0 aliphatic carbocycles. The van der Waals surface area contributed by atoms with Crippen molar-refractivity contribution in [3.8, 4) is 11.5 Å². The van der Waals surface area contributed by atoms with Crippen LogP contribution in [-0.2, 0) is 0 Å². The number of hydrogen-bond donors (Lipinski definition) is 1. The lowest BCUT2D eigenvalue weighted by Crippen LogP contribution is -2.00. The van der Waals surface area contributed by atoms with Gasteiger partial charge in [0.2, 0.25) is 0 Å². The minimum atomic E-state index is -1.06. The van der Waals surface area contributed by atoms with Crippen molar-refractivity contribution in [1.29, 1.82) is 0 Å². The summed E-state index contributed by atoms with van der Waals surface area (Å²) in [7, 11) is 0. The highest BCUT2D eigenvalue weighted by molar-refractivity contribution is 7.98. The Balaban J connectivity index is 2.25. The lowest BCUT2D eigenvalue weighted by atomic mass is 10.2. The van der Waals surface area contributed by atoms with Crippen molar-refractivity contribution in [2.45, 2.75) is 4.90 Å². The number of carboxylic acid groups (broad SMARTS) is 1. The van der Waals surface area contributed by atoms with E-state index >= 15 is 0 Å². The van der Waals surface area contributed by atoms with Crippen molar-refractivity contribution in [2.75, 3.05) is 6.26 Å². The van der Waals surface area contributed by atoms with Gasteiger partial charge in [0.1, 0.15) is 17.1 Å². The zero-order chi connectivity index (χ0) is 13.0. The summed E-state index contributed by atoms with van der Waals surface area (Å²) in [6.45, 7) is 0. The number of thioether (sulfide) groups is 1. The molecule has 2 aromatic rings. The summed E-state index contributed by atoms with van der Waals surface area (Å²) in [5, 5.41) is 9.00. The second-order valence-corrected chi connectivity index (χ2v) is 4.33. The molecule has 0 spiro atoms. The molecule has 0 radical (unpaired) electrons. The highest BCUT2D eigenvalue weighted by Crippen LogP contribution is 2.26. The molecule has 0 aliphatic heterocycles. The van der Waals surface area contributed by atoms with Crippen molar-refractivity contribution < 1.29 is 14.6 Å². The summed E-state index contributed by atoms with van der Waals surface area (Å²) in [5.74, 6) is -0.172. The van der Waals surface area contributed by atoms with Crippen LogP contribution < -0.4 is 4.74 Å². The zero-order valence-electron chi connectivity index (χ0n) is 9.66. The molecule has 0 saturated heterocycles. The molecule has 0 unspecified atom stereocenters. The van der Waals surface area contributed by atoms with E-state index in [2.05, 4.69) is 4.98 Å². The van der Waals surface area contributed by atoms with Gasteiger partial charge in [-0.05, 0) is 30.5 Å². The van der Waals surface area contributed by atoms with E-state index in [1.165, 1.54) is 18.5 Å². The van der Waals surface area contributed by atoms with Gasteiger partial charge < -0.3 is 9.84 Å². The summed E-state index contributed by atoms with van der Waals surface area (Å²) in [5.41, 5.74) is 0.0476. The molecule has 1 aromatic heterocycles. The van der Waals surface area contributed by atoms with Gasteiger partial charge in [-0.1, -0.05) is 0 Å². The molecule has 1 aromatic carbocycles. The maximum absolute atomic E-state index is 11.0. The van der Waals surface area contributed by atoms with E-state index in [0.29, 0.717) is 5.75 Å². The standard InChI is InChI=1S/C13H11NO3S/c1-18-10-4-2-9(3-5-10)17-12-6-7-14-8-11(12)13(15)16/h2-8H,1H3,(H,15,16). The molecule has 0 atom stereocenters. The molecule has 5 heteroatoms. The largest absolute Gasteiger partial charge is 0.477 e. The Kier molecular flexibility index (Phi) is 3.84. The molecule has 0 saturated carbocycles. The predicted octanol–water partition coefficient (Wildman–Crippen LogP) is 3.29. The zero-order valence-corrected chi connectivity index (χ0v) is 10.5. The molecule has 2 rings (SSSR count). The summed E-state index contributed by atoms with van der Waals surface area (Å²) in [4.78, 5) is 15.9. The molecule has 0 amide bonds. The SMILES string of the molecule is CSc1ccc(Oc2ccncc2C(=O)O)cc1. The molecule has 92 valence electrons. The van der Waals surface area contributed by atoms with Crippen LogP contribution in [0.3, 0.4) is 0 Å². The molecule has 1 heterocycles. The van der Waals surface area contributed by atoms with Crippen LogP contribution in [0.5, 0.6) is 11.5 Å². The van der Waals surface area contributed by atoms with Crippen molar-refractivity contribution in [3.63, 3.8) is 0 Å². The van der Waals surface area contributed by atoms with Gasteiger partial charge in [-0.25, -0.2) is 4.79 Å². The van der Waals surface area contributed by atoms with Crippen molar-refractivity contribution >= 4 is 17.7 Å². The van der Waals surface area contributed by atoms with Crippen LogP contribution in [0, 0.1) is 0 Å². The van der Waals surface area contributed by atoms with E-state index in [1.54, 1.807) is 23.9 Å². The Morgan fingerprint density at radius 3 is 2.61 bits per heavy atom. The number of aromatic carboxylic acids is 1. The predicted molar refractivity (Wildman–Crippen MR) is 69.5 cm³/mol. The monoisotopic (exact) mass is 261 g/mol. The second-order valence-electron chi connectivity index (χ2n) is 3.45. The number of nitrogens with zero attached hydrogens (tertiary/aromatic N) is 1. The number of carboxylic acids is 1. The van der Waals surface area contributed by atoms with Gasteiger partial charge in [0.05, 0.1) is 0 Å². The normalized spacial score (nSPS) is 10.1. The van der Waals surface area contributed by atoms with E-state index in [0.717, 1.165) is 4.90 Å². The molecular formula is C13H11NO3S. The van der Waals surface area contributed by atoms with Crippen LogP contribution in [0.2, 0.25) is 0 Å². The third kappa shape index (κ3) is 2.81. The molecular weight excluding hydrogens is 250 g/mol. The fourth-order valence-electron chi connectivity index (χ4n) is 1.40. The van der Waals surface area contributed by atoms with Crippen LogP contribution >= 0.6 is 11.8 Å². The summed E-state index contributed by atoms with van der Waals surface area (Å²) in [6.07, 6.45) is 4.76. The van der Waals surface area contributed by atoms with Crippen LogP contribution in [0.15, 0.2) is 47.6 Å². The molecule has 0 bridgehead atoms. The number of carbonyl (C=O) groups is 1. The minimum absolute atomic E-state index is 0.0476. The Bertz CT molecular complexity index is 554. The Hall–Kier alpha value is -2.01. The van der Waals surface area contributed by atoms with E-state index in [9.17, 15) is 4.79 Å². The molecule has 4 nitrogen and oxygen atoms in total.